The van der Waals surface area contributed by atoms with Crippen molar-refractivity contribution in [3.05, 3.63) is 64.7 Å². The van der Waals surface area contributed by atoms with Crippen molar-refractivity contribution < 1.29 is 10.1 Å². The first kappa shape index (κ1) is 13.9. The smallest absolute Gasteiger partial charge is 0.119 e. The highest BCUT2D eigenvalue weighted by Gasteiger charge is 2.01. The molecule has 0 spiro atoms. The molecule has 2 aromatic rings. The molecule has 0 saturated heterocycles. The number of rotatable bonds is 6. The molecule has 0 saturated carbocycles. The predicted octanol–water partition coefficient (Wildman–Crippen LogP) is 3.00. The van der Waals surface area contributed by atoms with Crippen LogP contribution in [0.2, 0.25) is 5.02 Å². The zero-order valence-corrected chi connectivity index (χ0v) is 11.9. The Bertz CT molecular complexity index is 510. The van der Waals surface area contributed by atoms with Crippen LogP contribution < -0.4 is 10.1 Å². The maximum atomic E-state index is 6.09. The van der Waals surface area contributed by atoms with Crippen LogP contribution in [0, 0.1) is 0 Å². The lowest BCUT2D eigenvalue weighted by molar-refractivity contribution is -0.667. The van der Waals surface area contributed by atoms with Crippen LogP contribution in [0.5, 0.6) is 5.75 Å². The molecule has 2 rings (SSSR count). The monoisotopic (exact) mass is 276 g/mol. The summed E-state index contributed by atoms with van der Waals surface area (Å²) in [6, 6.07) is 16.0. The molecule has 0 bridgehead atoms. The Hall–Kier alpha value is -1.51. The van der Waals surface area contributed by atoms with Gasteiger partial charge in [0.1, 0.15) is 18.9 Å². The van der Waals surface area contributed by atoms with E-state index in [0.29, 0.717) is 6.61 Å². The van der Waals surface area contributed by atoms with Crippen LogP contribution in [0.3, 0.4) is 0 Å². The fourth-order valence-electron chi connectivity index (χ4n) is 1.81. The Kier molecular flexibility index (Phi) is 5.25. The fourth-order valence-corrected chi connectivity index (χ4v) is 2.00. The number of hydrogen-bond acceptors (Lipinski definition) is 1. The number of hydrogen-bond donors (Lipinski definition) is 1. The van der Waals surface area contributed by atoms with Crippen molar-refractivity contribution in [1.29, 1.82) is 0 Å². The van der Waals surface area contributed by atoms with Gasteiger partial charge < -0.3 is 10.1 Å². The zero-order valence-electron chi connectivity index (χ0n) is 11.1. The minimum Gasteiger partial charge on any atom is -0.489 e. The molecular formula is C16H19ClNO+. The Balaban J connectivity index is 1.91. The second kappa shape index (κ2) is 7.17. The second-order valence-electron chi connectivity index (χ2n) is 4.43. The van der Waals surface area contributed by atoms with Gasteiger partial charge in [-0.25, -0.2) is 0 Å². The topological polar surface area (TPSA) is 25.8 Å². The van der Waals surface area contributed by atoms with Gasteiger partial charge in [-0.1, -0.05) is 29.8 Å². The third-order valence-corrected chi connectivity index (χ3v) is 3.31. The van der Waals surface area contributed by atoms with Crippen molar-refractivity contribution in [3.8, 4) is 5.75 Å². The largest absolute Gasteiger partial charge is 0.489 e. The quantitative estimate of drug-likeness (QED) is 0.862. The van der Waals surface area contributed by atoms with E-state index in [-0.39, 0.29) is 0 Å². The van der Waals surface area contributed by atoms with Gasteiger partial charge >= 0.3 is 0 Å². The fraction of sp³-hybridized carbons (Fsp3) is 0.250. The molecule has 3 heteroatoms. The lowest BCUT2D eigenvalue weighted by Gasteiger charge is -2.08. The molecule has 0 atom stereocenters. The van der Waals surface area contributed by atoms with E-state index in [1.165, 1.54) is 5.56 Å². The highest BCUT2D eigenvalue weighted by Crippen LogP contribution is 2.18. The minimum absolute atomic E-state index is 0.500. The molecular weight excluding hydrogens is 258 g/mol. The molecule has 0 unspecified atom stereocenters. The lowest BCUT2D eigenvalue weighted by Crippen LogP contribution is -2.81. The molecule has 2 nitrogen and oxygen atoms in total. The summed E-state index contributed by atoms with van der Waals surface area (Å²) in [4.78, 5) is 0. The summed E-state index contributed by atoms with van der Waals surface area (Å²) in [6.45, 7) is 4.77. The summed E-state index contributed by atoms with van der Waals surface area (Å²) in [7, 11) is 0. The van der Waals surface area contributed by atoms with Crippen molar-refractivity contribution in [2.24, 2.45) is 0 Å². The van der Waals surface area contributed by atoms with Crippen molar-refractivity contribution in [2.45, 2.75) is 20.1 Å². The second-order valence-corrected chi connectivity index (χ2v) is 4.83. The zero-order chi connectivity index (χ0) is 13.5. The van der Waals surface area contributed by atoms with Gasteiger partial charge in [0.05, 0.1) is 6.54 Å². The molecule has 0 aliphatic carbocycles. The minimum atomic E-state index is 0.500. The molecule has 0 radical (unpaired) electrons. The third kappa shape index (κ3) is 4.27. The van der Waals surface area contributed by atoms with Crippen LogP contribution >= 0.6 is 11.6 Å². The standard InChI is InChI=1S/C16H18ClNO/c1-2-18-11-13-7-9-15(10-8-13)19-12-14-5-3-4-6-16(14)17/h3-10,18H,2,11-12H2,1H3/p+1. The number of benzene rings is 2. The van der Waals surface area contributed by atoms with Gasteiger partial charge in [-0.05, 0) is 37.3 Å². The SMILES string of the molecule is CC[NH2+]Cc1ccc(OCc2ccccc2Cl)cc1. The average molecular weight is 277 g/mol. The molecule has 0 aliphatic heterocycles. The normalized spacial score (nSPS) is 10.4. The first-order chi connectivity index (χ1) is 9.29. The molecule has 0 aliphatic rings. The van der Waals surface area contributed by atoms with Gasteiger partial charge in [-0.15, -0.1) is 0 Å². The maximum Gasteiger partial charge on any atom is 0.119 e. The molecule has 2 aromatic carbocycles. The van der Waals surface area contributed by atoms with Gasteiger partial charge in [0.2, 0.25) is 0 Å². The van der Waals surface area contributed by atoms with Gasteiger partial charge in [-0.2, -0.15) is 0 Å². The van der Waals surface area contributed by atoms with Crippen molar-refractivity contribution in [3.63, 3.8) is 0 Å². The summed E-state index contributed by atoms with van der Waals surface area (Å²) < 4.78 is 5.74. The summed E-state index contributed by atoms with van der Waals surface area (Å²) in [6.07, 6.45) is 0. The van der Waals surface area contributed by atoms with Crippen LogP contribution in [0.1, 0.15) is 18.1 Å². The van der Waals surface area contributed by atoms with Crippen molar-refractivity contribution in [2.75, 3.05) is 6.54 Å². The van der Waals surface area contributed by atoms with E-state index in [1.54, 1.807) is 0 Å². The predicted molar refractivity (Wildman–Crippen MR) is 78.4 cm³/mol. The molecule has 19 heavy (non-hydrogen) atoms. The molecule has 0 fully saturated rings. The summed E-state index contributed by atoms with van der Waals surface area (Å²) in [5.41, 5.74) is 2.32. The van der Waals surface area contributed by atoms with Crippen LogP contribution in [0.4, 0.5) is 0 Å². The van der Waals surface area contributed by atoms with Crippen LogP contribution in [0.25, 0.3) is 0 Å². The Labute approximate surface area is 119 Å². The summed E-state index contributed by atoms with van der Waals surface area (Å²) in [5, 5.41) is 3.01. The summed E-state index contributed by atoms with van der Waals surface area (Å²) in [5.74, 6) is 0.875. The van der Waals surface area contributed by atoms with E-state index >= 15 is 0 Å². The molecule has 0 amide bonds. The van der Waals surface area contributed by atoms with Gasteiger partial charge in [-0.3, -0.25) is 0 Å². The van der Waals surface area contributed by atoms with Crippen molar-refractivity contribution in [1.82, 2.24) is 0 Å². The number of halogens is 1. The molecule has 0 aromatic heterocycles. The number of nitrogens with two attached hydrogens (primary N) is 1. The highest BCUT2D eigenvalue weighted by atomic mass is 35.5. The van der Waals surface area contributed by atoms with E-state index in [2.05, 4.69) is 24.4 Å². The molecule has 100 valence electrons. The Morgan fingerprint density at radius 3 is 2.47 bits per heavy atom. The Morgan fingerprint density at radius 1 is 1.05 bits per heavy atom. The average Bonchev–Trinajstić information content (AvgIpc) is 2.45. The van der Waals surface area contributed by atoms with Gasteiger partial charge in [0.15, 0.2) is 0 Å². The van der Waals surface area contributed by atoms with E-state index in [4.69, 9.17) is 16.3 Å². The van der Waals surface area contributed by atoms with Crippen LogP contribution in [-0.4, -0.2) is 6.54 Å². The van der Waals surface area contributed by atoms with Crippen LogP contribution in [-0.2, 0) is 13.2 Å². The van der Waals surface area contributed by atoms with E-state index in [9.17, 15) is 0 Å². The molecule has 2 N–H and O–H groups in total. The lowest BCUT2D eigenvalue weighted by atomic mass is 10.2. The molecule has 0 heterocycles. The van der Waals surface area contributed by atoms with E-state index in [1.807, 2.05) is 36.4 Å². The van der Waals surface area contributed by atoms with Gasteiger partial charge in [0.25, 0.3) is 0 Å². The maximum absolute atomic E-state index is 6.09. The van der Waals surface area contributed by atoms with E-state index < -0.39 is 0 Å². The van der Waals surface area contributed by atoms with Crippen LogP contribution in [0.15, 0.2) is 48.5 Å². The Morgan fingerprint density at radius 2 is 1.79 bits per heavy atom. The van der Waals surface area contributed by atoms with E-state index in [0.717, 1.165) is 29.4 Å². The number of ether oxygens (including phenoxy) is 1. The first-order valence-corrected chi connectivity index (χ1v) is 6.94. The van der Waals surface area contributed by atoms with Crippen molar-refractivity contribution >= 4 is 11.6 Å². The summed E-state index contributed by atoms with van der Waals surface area (Å²) >= 11 is 6.09. The first-order valence-electron chi connectivity index (χ1n) is 6.56. The highest BCUT2D eigenvalue weighted by molar-refractivity contribution is 6.31. The van der Waals surface area contributed by atoms with Gasteiger partial charge in [0, 0.05) is 16.1 Å². The number of quaternary nitrogens is 1. The third-order valence-electron chi connectivity index (χ3n) is 2.94.